The van der Waals surface area contributed by atoms with Crippen LogP contribution in [0, 0.1) is 0 Å². The molecule has 0 atom stereocenters. The van der Waals surface area contributed by atoms with Gasteiger partial charge in [0.2, 0.25) is 5.75 Å². The van der Waals surface area contributed by atoms with E-state index in [1.165, 1.54) is 42.5 Å². The summed E-state index contributed by atoms with van der Waals surface area (Å²) >= 11 is 17.5. The molecule has 0 spiro atoms. The van der Waals surface area contributed by atoms with Crippen molar-refractivity contribution in [2.75, 3.05) is 0 Å². The summed E-state index contributed by atoms with van der Waals surface area (Å²) in [6, 6.07) is 18.0. The molecule has 0 saturated carbocycles. The highest BCUT2D eigenvalue weighted by Crippen LogP contribution is 2.42. The molecule has 0 aliphatic carbocycles. The van der Waals surface area contributed by atoms with E-state index in [9.17, 15) is 25.3 Å². The van der Waals surface area contributed by atoms with E-state index in [0.717, 1.165) is 48.5 Å². The first-order valence-electron chi connectivity index (χ1n) is 10.5. The van der Waals surface area contributed by atoms with Crippen LogP contribution in [0.4, 0.5) is 0 Å². The van der Waals surface area contributed by atoms with Crippen molar-refractivity contribution in [3.63, 3.8) is 0 Å². The highest BCUT2D eigenvalue weighted by molar-refractivity contribution is 7.87. The Morgan fingerprint density at radius 3 is 1.00 bits per heavy atom. The summed E-state index contributed by atoms with van der Waals surface area (Å²) in [5, 5.41) is 0.759. The highest BCUT2D eigenvalue weighted by atomic mass is 35.5. The minimum Gasteiger partial charge on any atom is -0.375 e. The number of benzene rings is 4. The Morgan fingerprint density at radius 1 is 0.410 bits per heavy atom. The fraction of sp³-hybridized carbons (Fsp3) is 0. The number of halogens is 3. The molecule has 4 rings (SSSR count). The molecule has 0 aliphatic heterocycles. The molecule has 15 heteroatoms. The molecular weight excluding hydrogens is 635 g/mol. The van der Waals surface area contributed by atoms with Crippen LogP contribution in [0.15, 0.2) is 106 Å². The van der Waals surface area contributed by atoms with Gasteiger partial charge in [0.1, 0.15) is 14.7 Å². The summed E-state index contributed by atoms with van der Waals surface area (Å²) in [6.45, 7) is 0. The lowest BCUT2D eigenvalue weighted by molar-refractivity contribution is 0.428. The number of para-hydroxylation sites is 1. The molecule has 0 aromatic heterocycles. The summed E-state index contributed by atoms with van der Waals surface area (Å²) in [7, 11) is -13.8. The third-order valence-electron chi connectivity index (χ3n) is 4.84. The van der Waals surface area contributed by atoms with Crippen LogP contribution < -0.4 is 12.5 Å². The van der Waals surface area contributed by atoms with E-state index in [2.05, 4.69) is 0 Å². The van der Waals surface area contributed by atoms with Gasteiger partial charge in [0.15, 0.2) is 11.5 Å². The molecule has 0 fully saturated rings. The van der Waals surface area contributed by atoms with Gasteiger partial charge in [-0.25, -0.2) is 0 Å². The van der Waals surface area contributed by atoms with E-state index in [0.29, 0.717) is 0 Å². The van der Waals surface area contributed by atoms with Crippen LogP contribution in [0.25, 0.3) is 0 Å². The zero-order chi connectivity index (χ0) is 28.4. The van der Waals surface area contributed by atoms with Gasteiger partial charge in [-0.15, -0.1) is 0 Å². The maximum atomic E-state index is 13.1. The zero-order valence-corrected chi connectivity index (χ0v) is 23.9. The van der Waals surface area contributed by atoms with E-state index in [1.54, 1.807) is 0 Å². The van der Waals surface area contributed by atoms with Crippen LogP contribution in [-0.2, 0) is 30.4 Å². The van der Waals surface area contributed by atoms with E-state index in [1.807, 2.05) is 0 Å². The molecule has 4 aromatic carbocycles. The third kappa shape index (κ3) is 6.96. The van der Waals surface area contributed by atoms with Crippen molar-refractivity contribution in [2.24, 2.45) is 0 Å². The second kappa shape index (κ2) is 11.2. The summed E-state index contributed by atoms with van der Waals surface area (Å²) < 4.78 is 93.4. The second-order valence-electron chi connectivity index (χ2n) is 7.56. The molecule has 0 aliphatic rings. The molecule has 204 valence electrons. The van der Waals surface area contributed by atoms with Gasteiger partial charge in [0, 0.05) is 15.1 Å². The standard InChI is InChI=1S/C24H15Cl3O9S3/c25-16-4-10-19(11-5-16)37(28,29)34-22-2-1-3-23(35-38(30,31)20-12-6-17(26)7-13-20)24(22)36-39(32,33)21-14-8-18(27)9-15-21/h1-15H. The summed E-state index contributed by atoms with van der Waals surface area (Å²) in [5.74, 6) is -2.19. The van der Waals surface area contributed by atoms with E-state index in [-0.39, 0.29) is 29.8 Å². The van der Waals surface area contributed by atoms with Crippen LogP contribution in [0.1, 0.15) is 0 Å². The van der Waals surface area contributed by atoms with Crippen LogP contribution in [0.5, 0.6) is 17.2 Å². The van der Waals surface area contributed by atoms with Crippen LogP contribution in [0.2, 0.25) is 15.1 Å². The predicted octanol–water partition coefficient (Wildman–Crippen LogP) is 5.95. The van der Waals surface area contributed by atoms with Gasteiger partial charge in [-0.2, -0.15) is 25.3 Å². The van der Waals surface area contributed by atoms with E-state index >= 15 is 0 Å². The van der Waals surface area contributed by atoms with Gasteiger partial charge < -0.3 is 12.5 Å². The molecule has 0 bridgehead atoms. The molecule has 0 heterocycles. The molecule has 0 saturated heterocycles. The van der Waals surface area contributed by atoms with Crippen LogP contribution >= 0.6 is 34.8 Å². The fourth-order valence-electron chi connectivity index (χ4n) is 3.00. The average Bonchev–Trinajstić information content (AvgIpc) is 2.86. The first-order chi connectivity index (χ1) is 18.3. The number of rotatable bonds is 9. The molecule has 0 N–H and O–H groups in total. The predicted molar refractivity (Wildman–Crippen MR) is 144 cm³/mol. The quantitative estimate of drug-likeness (QED) is 0.202. The molecule has 0 unspecified atom stereocenters. The van der Waals surface area contributed by atoms with Gasteiger partial charge in [0.05, 0.1) is 0 Å². The number of hydrogen-bond donors (Lipinski definition) is 0. The zero-order valence-electron chi connectivity index (χ0n) is 19.2. The highest BCUT2D eigenvalue weighted by Gasteiger charge is 2.29. The summed E-state index contributed by atoms with van der Waals surface area (Å²) in [5.41, 5.74) is 0. The molecular formula is C24H15Cl3O9S3. The largest absolute Gasteiger partial charge is 0.375 e. The first kappa shape index (κ1) is 29.0. The monoisotopic (exact) mass is 648 g/mol. The molecule has 39 heavy (non-hydrogen) atoms. The molecule has 4 aromatic rings. The van der Waals surface area contributed by atoms with E-state index in [4.69, 9.17) is 47.4 Å². The van der Waals surface area contributed by atoms with Gasteiger partial charge in [-0.05, 0) is 84.9 Å². The lowest BCUT2D eigenvalue weighted by Gasteiger charge is -2.16. The first-order valence-corrected chi connectivity index (χ1v) is 15.9. The van der Waals surface area contributed by atoms with Crippen molar-refractivity contribution in [3.8, 4) is 17.2 Å². The van der Waals surface area contributed by atoms with Crippen molar-refractivity contribution in [1.82, 2.24) is 0 Å². The Balaban J connectivity index is 1.81. The maximum Gasteiger partial charge on any atom is 0.339 e. The molecule has 0 amide bonds. The lowest BCUT2D eigenvalue weighted by atomic mass is 10.3. The minimum atomic E-state index is -4.67. The molecule has 0 radical (unpaired) electrons. The second-order valence-corrected chi connectivity index (χ2v) is 13.5. The van der Waals surface area contributed by atoms with Gasteiger partial charge in [0.25, 0.3) is 0 Å². The summed E-state index contributed by atoms with van der Waals surface area (Å²) in [6.07, 6.45) is 0. The fourth-order valence-corrected chi connectivity index (χ4v) is 6.20. The van der Waals surface area contributed by atoms with Gasteiger partial charge >= 0.3 is 30.4 Å². The Labute approximate surface area is 239 Å². The average molecular weight is 650 g/mol. The van der Waals surface area contributed by atoms with Crippen LogP contribution in [-0.4, -0.2) is 25.3 Å². The van der Waals surface area contributed by atoms with Crippen molar-refractivity contribution >= 4 is 65.2 Å². The minimum absolute atomic E-state index is 0.241. The van der Waals surface area contributed by atoms with Crippen molar-refractivity contribution in [2.45, 2.75) is 14.7 Å². The van der Waals surface area contributed by atoms with E-state index < -0.39 is 47.6 Å². The summed E-state index contributed by atoms with van der Waals surface area (Å²) in [4.78, 5) is -1.01. The molecule has 9 nitrogen and oxygen atoms in total. The SMILES string of the molecule is O=S(=O)(Oc1cccc(OS(=O)(=O)c2ccc(Cl)cc2)c1OS(=O)(=O)c1ccc(Cl)cc1)c1ccc(Cl)cc1. The Bertz CT molecular complexity index is 1730. The maximum absolute atomic E-state index is 13.1. The number of hydrogen-bond acceptors (Lipinski definition) is 9. The normalized spacial score (nSPS) is 12.1. The topological polar surface area (TPSA) is 130 Å². The Hall–Kier alpha value is -3.00. The third-order valence-corrected chi connectivity index (χ3v) is 9.33. The lowest BCUT2D eigenvalue weighted by Crippen LogP contribution is -2.16. The van der Waals surface area contributed by atoms with Gasteiger partial charge in [-0.3, -0.25) is 0 Å². The van der Waals surface area contributed by atoms with Gasteiger partial charge in [-0.1, -0.05) is 40.9 Å². The van der Waals surface area contributed by atoms with Crippen molar-refractivity contribution in [3.05, 3.63) is 106 Å². The van der Waals surface area contributed by atoms with Crippen molar-refractivity contribution in [1.29, 1.82) is 0 Å². The van der Waals surface area contributed by atoms with Crippen LogP contribution in [0.3, 0.4) is 0 Å². The Kier molecular flexibility index (Phi) is 8.36. The Morgan fingerprint density at radius 2 is 0.692 bits per heavy atom. The smallest absolute Gasteiger partial charge is 0.339 e. The van der Waals surface area contributed by atoms with Crippen molar-refractivity contribution < 1.29 is 37.8 Å².